The van der Waals surface area contributed by atoms with E-state index in [1.165, 1.54) is 16.4 Å². The van der Waals surface area contributed by atoms with Gasteiger partial charge < -0.3 is 0 Å². The van der Waals surface area contributed by atoms with Crippen LogP contribution in [0.25, 0.3) is 0 Å². The van der Waals surface area contributed by atoms with Crippen molar-refractivity contribution in [3.63, 3.8) is 0 Å². The molecule has 0 bridgehead atoms. The molecule has 0 aliphatic heterocycles. The fourth-order valence-corrected chi connectivity index (χ4v) is 3.35. The molecule has 0 N–H and O–H groups in total. The average molecular weight is 300 g/mol. The van der Waals surface area contributed by atoms with Gasteiger partial charge in [-0.15, -0.1) is 23.2 Å². The largest absolute Gasteiger partial charge is 0.243 e. The van der Waals surface area contributed by atoms with Crippen LogP contribution in [0.3, 0.4) is 0 Å². The molecule has 0 heterocycles. The van der Waals surface area contributed by atoms with Crippen LogP contribution < -0.4 is 0 Å². The van der Waals surface area contributed by atoms with E-state index in [4.69, 9.17) is 23.2 Å². The first-order valence-electron chi connectivity index (χ1n) is 4.90. The third-order valence-electron chi connectivity index (χ3n) is 2.12. The SMILES string of the molecule is O=S(=O)(c1ccc(F)cc1)N(CCCl)CCCl. The van der Waals surface area contributed by atoms with Gasteiger partial charge in [0.25, 0.3) is 0 Å². The van der Waals surface area contributed by atoms with Crippen LogP contribution in [0.2, 0.25) is 0 Å². The van der Waals surface area contributed by atoms with Crippen molar-refractivity contribution in [1.82, 2.24) is 4.31 Å². The summed E-state index contributed by atoms with van der Waals surface area (Å²) in [4.78, 5) is 0.0362. The first kappa shape index (κ1) is 14.7. The molecule has 0 unspecified atom stereocenters. The topological polar surface area (TPSA) is 37.4 Å². The van der Waals surface area contributed by atoms with Crippen molar-refractivity contribution in [2.45, 2.75) is 4.90 Å². The molecule has 0 spiro atoms. The van der Waals surface area contributed by atoms with Gasteiger partial charge in [-0.05, 0) is 24.3 Å². The van der Waals surface area contributed by atoms with Crippen LogP contribution in [0.1, 0.15) is 0 Å². The van der Waals surface area contributed by atoms with Gasteiger partial charge >= 0.3 is 0 Å². The van der Waals surface area contributed by atoms with E-state index in [2.05, 4.69) is 0 Å². The summed E-state index contributed by atoms with van der Waals surface area (Å²) in [5, 5.41) is 0. The number of rotatable bonds is 6. The molecular formula is C10H12Cl2FNO2S. The van der Waals surface area contributed by atoms with Crippen LogP contribution in [0, 0.1) is 5.82 Å². The molecule has 0 fully saturated rings. The van der Waals surface area contributed by atoms with Gasteiger partial charge in [0.1, 0.15) is 5.82 Å². The quantitative estimate of drug-likeness (QED) is 0.756. The lowest BCUT2D eigenvalue weighted by Gasteiger charge is -2.19. The van der Waals surface area contributed by atoms with Crippen molar-refractivity contribution in [3.8, 4) is 0 Å². The summed E-state index contributed by atoms with van der Waals surface area (Å²) in [5.41, 5.74) is 0. The zero-order valence-electron chi connectivity index (χ0n) is 8.94. The molecule has 0 aromatic heterocycles. The van der Waals surface area contributed by atoms with Crippen LogP contribution in [0.5, 0.6) is 0 Å². The fourth-order valence-electron chi connectivity index (χ4n) is 1.30. The number of hydrogen-bond donors (Lipinski definition) is 0. The molecule has 17 heavy (non-hydrogen) atoms. The predicted molar refractivity (Wildman–Crippen MR) is 66.6 cm³/mol. The Balaban J connectivity index is 3.02. The fraction of sp³-hybridized carbons (Fsp3) is 0.400. The highest BCUT2D eigenvalue weighted by molar-refractivity contribution is 7.89. The van der Waals surface area contributed by atoms with Gasteiger partial charge in [0.15, 0.2) is 0 Å². The van der Waals surface area contributed by atoms with Gasteiger partial charge in [0.05, 0.1) is 4.90 Å². The molecule has 0 saturated carbocycles. The van der Waals surface area contributed by atoms with E-state index in [0.717, 1.165) is 12.1 Å². The highest BCUT2D eigenvalue weighted by atomic mass is 35.5. The minimum absolute atomic E-state index is 0.0362. The molecule has 0 radical (unpaired) electrons. The number of halogens is 3. The van der Waals surface area contributed by atoms with E-state index in [-0.39, 0.29) is 29.7 Å². The van der Waals surface area contributed by atoms with Crippen molar-refractivity contribution >= 4 is 33.2 Å². The lowest BCUT2D eigenvalue weighted by Crippen LogP contribution is -2.34. The number of nitrogens with zero attached hydrogens (tertiary/aromatic N) is 1. The lowest BCUT2D eigenvalue weighted by molar-refractivity contribution is 0.448. The smallest absolute Gasteiger partial charge is 0.207 e. The standard InChI is InChI=1S/C10H12Cl2FNO2S/c11-5-7-14(8-6-12)17(15,16)10-3-1-9(13)2-4-10/h1-4H,5-8H2. The maximum atomic E-state index is 12.7. The second kappa shape index (κ2) is 6.54. The number of alkyl halides is 2. The van der Waals surface area contributed by atoms with E-state index >= 15 is 0 Å². The third-order valence-corrected chi connectivity index (χ3v) is 4.37. The van der Waals surface area contributed by atoms with Crippen molar-refractivity contribution in [2.75, 3.05) is 24.8 Å². The molecule has 0 atom stereocenters. The van der Waals surface area contributed by atoms with E-state index in [1.54, 1.807) is 0 Å². The van der Waals surface area contributed by atoms with Crippen LogP contribution in [0.15, 0.2) is 29.2 Å². The Labute approximate surface area is 110 Å². The summed E-state index contributed by atoms with van der Waals surface area (Å²) >= 11 is 11.1. The maximum absolute atomic E-state index is 12.7. The van der Waals surface area contributed by atoms with Gasteiger partial charge in [-0.3, -0.25) is 0 Å². The average Bonchev–Trinajstić information content (AvgIpc) is 2.29. The summed E-state index contributed by atoms with van der Waals surface area (Å²) in [6, 6.07) is 4.65. The van der Waals surface area contributed by atoms with Crippen LogP contribution in [-0.2, 0) is 10.0 Å². The molecule has 0 aliphatic carbocycles. The highest BCUT2D eigenvalue weighted by Crippen LogP contribution is 2.16. The Hall–Kier alpha value is -0.360. The molecule has 1 aromatic carbocycles. The molecule has 3 nitrogen and oxygen atoms in total. The summed E-state index contributed by atoms with van der Waals surface area (Å²) in [7, 11) is -3.64. The molecule has 0 amide bonds. The maximum Gasteiger partial charge on any atom is 0.243 e. The summed E-state index contributed by atoms with van der Waals surface area (Å²) in [6.45, 7) is 0.349. The van der Waals surface area contributed by atoms with Crippen molar-refractivity contribution < 1.29 is 12.8 Å². The van der Waals surface area contributed by atoms with E-state index in [1.807, 2.05) is 0 Å². The molecule has 0 aliphatic rings. The molecule has 7 heteroatoms. The number of benzene rings is 1. The van der Waals surface area contributed by atoms with E-state index in [0.29, 0.717) is 0 Å². The normalized spacial score (nSPS) is 12.0. The van der Waals surface area contributed by atoms with Crippen LogP contribution >= 0.6 is 23.2 Å². The monoisotopic (exact) mass is 299 g/mol. The van der Waals surface area contributed by atoms with Crippen molar-refractivity contribution in [1.29, 1.82) is 0 Å². The highest BCUT2D eigenvalue weighted by Gasteiger charge is 2.23. The van der Waals surface area contributed by atoms with E-state index in [9.17, 15) is 12.8 Å². The van der Waals surface area contributed by atoms with E-state index < -0.39 is 15.8 Å². The summed E-state index contributed by atoms with van der Waals surface area (Å²) < 4.78 is 38.1. The van der Waals surface area contributed by atoms with Gasteiger partial charge in [-0.1, -0.05) is 0 Å². The Morgan fingerprint density at radius 3 is 1.94 bits per heavy atom. The zero-order chi connectivity index (χ0) is 12.9. The Kier molecular flexibility index (Phi) is 5.66. The van der Waals surface area contributed by atoms with Crippen molar-refractivity contribution in [2.24, 2.45) is 0 Å². The Morgan fingerprint density at radius 1 is 1.06 bits per heavy atom. The second-order valence-corrected chi connectivity index (χ2v) is 5.93. The summed E-state index contributed by atoms with van der Waals surface area (Å²) in [5.74, 6) is -0.126. The Morgan fingerprint density at radius 2 is 1.53 bits per heavy atom. The van der Waals surface area contributed by atoms with Gasteiger partial charge in [0.2, 0.25) is 10.0 Å². The third kappa shape index (κ3) is 3.81. The van der Waals surface area contributed by atoms with Crippen LogP contribution in [0.4, 0.5) is 4.39 Å². The molecule has 1 rings (SSSR count). The first-order valence-corrected chi connectivity index (χ1v) is 7.41. The molecule has 96 valence electrons. The van der Waals surface area contributed by atoms with Gasteiger partial charge in [-0.25, -0.2) is 12.8 Å². The Bertz CT molecular complexity index is 444. The number of sulfonamides is 1. The predicted octanol–water partition coefficient (Wildman–Crippen LogP) is 2.29. The lowest BCUT2D eigenvalue weighted by atomic mass is 10.4. The molecule has 0 saturated heterocycles. The minimum Gasteiger partial charge on any atom is -0.207 e. The minimum atomic E-state index is -3.64. The zero-order valence-corrected chi connectivity index (χ0v) is 11.3. The number of hydrogen-bond acceptors (Lipinski definition) is 2. The summed E-state index contributed by atoms with van der Waals surface area (Å²) in [6.07, 6.45) is 0. The van der Waals surface area contributed by atoms with Crippen LogP contribution in [-0.4, -0.2) is 37.6 Å². The molecular weight excluding hydrogens is 288 g/mol. The van der Waals surface area contributed by atoms with Gasteiger partial charge in [0, 0.05) is 24.8 Å². The molecule has 1 aromatic rings. The second-order valence-electron chi connectivity index (χ2n) is 3.24. The van der Waals surface area contributed by atoms with Gasteiger partial charge in [-0.2, -0.15) is 4.31 Å². The van der Waals surface area contributed by atoms with Crippen molar-refractivity contribution in [3.05, 3.63) is 30.1 Å². The first-order chi connectivity index (χ1) is 8.02.